The lowest BCUT2D eigenvalue weighted by Crippen LogP contribution is -2.57. The summed E-state index contributed by atoms with van der Waals surface area (Å²) in [4.78, 5) is 30.2. The third-order valence-electron chi connectivity index (χ3n) is 6.72. The number of hydrogen-bond donors (Lipinski definition) is 1. The minimum absolute atomic E-state index is 0.0397. The highest BCUT2D eigenvalue weighted by Gasteiger charge is 2.42. The van der Waals surface area contributed by atoms with Gasteiger partial charge >= 0.3 is 0 Å². The Bertz CT molecular complexity index is 843. The van der Waals surface area contributed by atoms with Crippen molar-refractivity contribution >= 4 is 29.5 Å². The number of ether oxygens (including phenoxy) is 1. The van der Waals surface area contributed by atoms with Gasteiger partial charge in [-0.1, -0.05) is 37.1 Å². The molecule has 3 fully saturated rings. The van der Waals surface area contributed by atoms with Gasteiger partial charge in [0.05, 0.1) is 6.04 Å². The number of nitrogens with zero attached hydrogens (tertiary/aromatic N) is 2. The van der Waals surface area contributed by atoms with Crippen LogP contribution in [0.25, 0.3) is 6.08 Å². The maximum Gasteiger partial charge on any atom is 0.289 e. The number of morpholine rings is 1. The summed E-state index contributed by atoms with van der Waals surface area (Å²) in [6, 6.07) is 7.69. The monoisotopic (exact) mass is 445 g/mol. The SMILES string of the molecule is CCN1CCCC1CNC(=O)CN1C(=O)/C(=C\c2cccc(Cl)c2)OC2CCCCC21. The predicted octanol–water partition coefficient (Wildman–Crippen LogP) is 3.45. The summed E-state index contributed by atoms with van der Waals surface area (Å²) >= 11 is 6.09. The summed E-state index contributed by atoms with van der Waals surface area (Å²) in [6.45, 7) is 4.98. The molecule has 1 N–H and O–H groups in total. The van der Waals surface area contributed by atoms with Crippen LogP contribution < -0.4 is 5.32 Å². The molecule has 1 aromatic rings. The number of carbonyl (C=O) groups excluding carboxylic acids is 2. The molecule has 2 saturated heterocycles. The molecule has 6 nitrogen and oxygen atoms in total. The quantitative estimate of drug-likeness (QED) is 0.681. The molecule has 0 spiro atoms. The number of hydrogen-bond acceptors (Lipinski definition) is 4. The molecular formula is C24H32ClN3O3. The molecule has 2 heterocycles. The van der Waals surface area contributed by atoms with E-state index in [9.17, 15) is 9.59 Å². The van der Waals surface area contributed by atoms with E-state index in [0.717, 1.165) is 50.8 Å². The fraction of sp³-hybridized carbons (Fsp3) is 0.583. The third-order valence-corrected chi connectivity index (χ3v) is 6.95. The van der Waals surface area contributed by atoms with Gasteiger partial charge < -0.3 is 15.0 Å². The van der Waals surface area contributed by atoms with Gasteiger partial charge in [0.25, 0.3) is 5.91 Å². The molecule has 0 radical (unpaired) electrons. The van der Waals surface area contributed by atoms with Gasteiger partial charge in [0.1, 0.15) is 12.6 Å². The molecule has 3 aliphatic rings. The number of likely N-dealkylation sites (tertiary alicyclic amines) is 1. The Balaban J connectivity index is 1.46. The lowest BCUT2D eigenvalue weighted by Gasteiger charge is -2.44. The molecule has 3 atom stereocenters. The van der Waals surface area contributed by atoms with E-state index >= 15 is 0 Å². The van der Waals surface area contributed by atoms with Gasteiger partial charge in [0.2, 0.25) is 5.91 Å². The van der Waals surface area contributed by atoms with Crippen molar-refractivity contribution in [1.82, 2.24) is 15.1 Å². The Kier molecular flexibility index (Phi) is 7.18. The number of likely N-dealkylation sites (N-methyl/N-ethyl adjacent to an activating group) is 1. The molecule has 4 rings (SSSR count). The highest BCUT2D eigenvalue weighted by atomic mass is 35.5. The van der Waals surface area contributed by atoms with Gasteiger partial charge in [-0.15, -0.1) is 0 Å². The average molecular weight is 446 g/mol. The largest absolute Gasteiger partial charge is 0.482 e. The zero-order valence-electron chi connectivity index (χ0n) is 18.2. The summed E-state index contributed by atoms with van der Waals surface area (Å²) < 4.78 is 6.12. The van der Waals surface area contributed by atoms with Crippen molar-refractivity contribution < 1.29 is 14.3 Å². The first-order valence-electron chi connectivity index (χ1n) is 11.5. The molecule has 0 bridgehead atoms. The first kappa shape index (κ1) is 22.2. The number of rotatable bonds is 6. The van der Waals surface area contributed by atoms with Gasteiger partial charge in [-0.25, -0.2) is 0 Å². The number of benzene rings is 1. The van der Waals surface area contributed by atoms with Gasteiger partial charge in [-0.3, -0.25) is 14.5 Å². The highest BCUT2D eigenvalue weighted by Crippen LogP contribution is 2.33. The topological polar surface area (TPSA) is 61.9 Å². The Hall–Kier alpha value is -2.05. The van der Waals surface area contributed by atoms with Crippen LogP contribution in [0.1, 0.15) is 51.0 Å². The van der Waals surface area contributed by atoms with Gasteiger partial charge in [-0.2, -0.15) is 0 Å². The summed E-state index contributed by atoms with van der Waals surface area (Å²) in [5.74, 6) is -0.00914. The second-order valence-electron chi connectivity index (χ2n) is 8.73. The lowest BCUT2D eigenvalue weighted by molar-refractivity contribution is -0.151. The molecule has 0 aromatic heterocycles. The second kappa shape index (κ2) is 10.0. The van der Waals surface area contributed by atoms with Crippen LogP contribution in [0.5, 0.6) is 0 Å². The molecule has 2 amide bonds. The van der Waals surface area contributed by atoms with Crippen molar-refractivity contribution in [3.05, 3.63) is 40.6 Å². The van der Waals surface area contributed by atoms with Crippen LogP contribution in [0.2, 0.25) is 5.02 Å². The van der Waals surface area contributed by atoms with Crippen molar-refractivity contribution in [2.75, 3.05) is 26.2 Å². The van der Waals surface area contributed by atoms with Crippen LogP contribution in [-0.4, -0.2) is 66.0 Å². The van der Waals surface area contributed by atoms with E-state index in [1.807, 2.05) is 12.1 Å². The average Bonchev–Trinajstić information content (AvgIpc) is 3.23. The lowest BCUT2D eigenvalue weighted by atomic mass is 9.89. The van der Waals surface area contributed by atoms with Crippen molar-refractivity contribution in [3.8, 4) is 0 Å². The van der Waals surface area contributed by atoms with E-state index in [1.165, 1.54) is 6.42 Å². The molecule has 2 aliphatic heterocycles. The van der Waals surface area contributed by atoms with E-state index in [4.69, 9.17) is 16.3 Å². The molecule has 7 heteroatoms. The van der Waals surface area contributed by atoms with Crippen LogP contribution in [0.15, 0.2) is 30.0 Å². The number of carbonyl (C=O) groups is 2. The molecule has 1 aliphatic carbocycles. The van der Waals surface area contributed by atoms with E-state index in [-0.39, 0.29) is 30.5 Å². The Labute approximate surface area is 189 Å². The minimum atomic E-state index is -0.214. The van der Waals surface area contributed by atoms with Crippen molar-refractivity contribution in [2.24, 2.45) is 0 Å². The van der Waals surface area contributed by atoms with Crippen LogP contribution in [0.4, 0.5) is 0 Å². The number of fused-ring (bicyclic) bond motifs is 1. The number of amides is 2. The fourth-order valence-corrected chi connectivity index (χ4v) is 5.29. The zero-order chi connectivity index (χ0) is 21.8. The second-order valence-corrected chi connectivity index (χ2v) is 9.17. The van der Waals surface area contributed by atoms with Crippen LogP contribution in [0.3, 0.4) is 0 Å². The standard InChI is InChI=1S/C24H32ClN3O3/c1-2-27-12-6-9-19(27)15-26-23(29)16-28-20-10-3-4-11-21(20)31-22(24(28)30)14-17-7-5-8-18(25)13-17/h5,7-8,13-14,19-21H,2-4,6,9-12,15-16H2,1H3,(H,26,29)/b22-14+. The highest BCUT2D eigenvalue weighted by molar-refractivity contribution is 6.30. The predicted molar refractivity (Wildman–Crippen MR) is 122 cm³/mol. The van der Waals surface area contributed by atoms with Crippen LogP contribution in [-0.2, 0) is 14.3 Å². The third kappa shape index (κ3) is 5.24. The van der Waals surface area contributed by atoms with Gasteiger partial charge in [0, 0.05) is 17.6 Å². The summed E-state index contributed by atoms with van der Waals surface area (Å²) in [5, 5.41) is 3.68. The van der Waals surface area contributed by atoms with E-state index < -0.39 is 0 Å². The maximum atomic E-state index is 13.3. The number of halogens is 1. The molecule has 168 valence electrons. The van der Waals surface area contributed by atoms with E-state index in [2.05, 4.69) is 17.1 Å². The van der Waals surface area contributed by atoms with Gasteiger partial charge in [-0.05, 0) is 69.0 Å². The smallest absolute Gasteiger partial charge is 0.289 e. The van der Waals surface area contributed by atoms with Crippen molar-refractivity contribution in [3.63, 3.8) is 0 Å². The first-order chi connectivity index (χ1) is 15.0. The van der Waals surface area contributed by atoms with Gasteiger partial charge in [0.15, 0.2) is 5.76 Å². The van der Waals surface area contributed by atoms with Crippen LogP contribution in [0, 0.1) is 0 Å². The normalized spacial score (nSPS) is 27.8. The maximum absolute atomic E-state index is 13.3. The first-order valence-corrected chi connectivity index (χ1v) is 11.9. The van der Waals surface area contributed by atoms with Crippen molar-refractivity contribution in [1.29, 1.82) is 0 Å². The molecule has 3 unspecified atom stereocenters. The van der Waals surface area contributed by atoms with E-state index in [0.29, 0.717) is 23.4 Å². The fourth-order valence-electron chi connectivity index (χ4n) is 5.09. The molecule has 1 aromatic carbocycles. The van der Waals surface area contributed by atoms with Crippen molar-refractivity contribution in [2.45, 2.75) is 63.6 Å². The summed E-state index contributed by atoms with van der Waals surface area (Å²) in [5.41, 5.74) is 0.815. The summed E-state index contributed by atoms with van der Waals surface area (Å²) in [6.07, 6.45) is 7.87. The van der Waals surface area contributed by atoms with Crippen LogP contribution >= 0.6 is 11.6 Å². The Morgan fingerprint density at radius 3 is 2.90 bits per heavy atom. The van der Waals surface area contributed by atoms with E-state index in [1.54, 1.807) is 23.1 Å². The number of nitrogens with one attached hydrogen (secondary N) is 1. The summed E-state index contributed by atoms with van der Waals surface area (Å²) in [7, 11) is 0. The molecular weight excluding hydrogens is 414 g/mol. The Morgan fingerprint density at radius 1 is 1.26 bits per heavy atom. The zero-order valence-corrected chi connectivity index (χ0v) is 18.9. The Morgan fingerprint density at radius 2 is 2.10 bits per heavy atom. The molecule has 1 saturated carbocycles. The minimum Gasteiger partial charge on any atom is -0.482 e. The molecule has 31 heavy (non-hydrogen) atoms.